The van der Waals surface area contributed by atoms with Crippen LogP contribution in [0.15, 0.2) is 54.6 Å². The van der Waals surface area contributed by atoms with E-state index in [1.807, 2.05) is 18.2 Å². The van der Waals surface area contributed by atoms with Crippen LogP contribution in [0.5, 0.6) is 0 Å². The van der Waals surface area contributed by atoms with Gasteiger partial charge in [-0.25, -0.2) is 9.45 Å². The second-order valence-electron chi connectivity index (χ2n) is 7.07. The molecule has 0 bridgehead atoms. The first-order chi connectivity index (χ1) is 12.7. The smallest absolute Gasteiger partial charge is 0.163 e. The molecule has 2 aliphatic rings. The Hall–Kier alpha value is -2.24. The number of hydroxylamine groups is 1. The van der Waals surface area contributed by atoms with Crippen molar-refractivity contribution in [2.24, 2.45) is 0 Å². The Balaban J connectivity index is 1.53. The Morgan fingerprint density at radius 1 is 1.04 bits per heavy atom. The van der Waals surface area contributed by atoms with Crippen LogP contribution in [-0.2, 0) is 16.2 Å². The van der Waals surface area contributed by atoms with E-state index >= 15 is 0 Å². The second-order valence-corrected chi connectivity index (χ2v) is 7.07. The number of halogens is 1. The number of likely N-dealkylation sites (tertiary alicyclic amines) is 1. The topological polar surface area (TPSA) is 32.8 Å². The summed E-state index contributed by atoms with van der Waals surface area (Å²) in [6, 6.07) is 16.7. The van der Waals surface area contributed by atoms with Crippen LogP contribution in [0.2, 0.25) is 0 Å². The van der Waals surface area contributed by atoms with Gasteiger partial charge in [0.1, 0.15) is 11.4 Å². The van der Waals surface area contributed by atoms with E-state index in [1.54, 1.807) is 17.2 Å². The molecule has 0 atom stereocenters. The molecule has 1 spiro atoms. The third-order valence-corrected chi connectivity index (χ3v) is 5.43. The summed E-state index contributed by atoms with van der Waals surface area (Å²) in [5.41, 5.74) is 1.21. The molecular weight excluding hydrogens is 331 g/mol. The van der Waals surface area contributed by atoms with Crippen molar-refractivity contribution < 1.29 is 14.0 Å². The summed E-state index contributed by atoms with van der Waals surface area (Å²) in [7, 11) is 0. The van der Waals surface area contributed by atoms with Crippen molar-refractivity contribution in [2.45, 2.75) is 31.3 Å². The fourth-order valence-corrected chi connectivity index (χ4v) is 4.03. The van der Waals surface area contributed by atoms with Crippen molar-refractivity contribution in [3.05, 3.63) is 66.0 Å². The zero-order chi connectivity index (χ0) is 18.0. The molecule has 26 heavy (non-hydrogen) atoms. The predicted octanol–water partition coefficient (Wildman–Crippen LogP) is 3.57. The maximum atomic E-state index is 13.7. The number of Topliss-reactive ketones (excluding diaryl/α,β-unsaturated/α-hetero) is 1. The van der Waals surface area contributed by atoms with Gasteiger partial charge in [-0.2, -0.15) is 0 Å². The molecular formula is C21H23FN2O2. The molecule has 4 nitrogen and oxygen atoms in total. The van der Waals surface area contributed by atoms with Gasteiger partial charge in [-0.15, -0.1) is 0 Å². The predicted molar refractivity (Wildman–Crippen MR) is 98.1 cm³/mol. The van der Waals surface area contributed by atoms with Crippen LogP contribution in [0, 0.1) is 5.82 Å². The highest BCUT2D eigenvalue weighted by Gasteiger charge is 2.49. The molecule has 5 heteroatoms. The van der Waals surface area contributed by atoms with Gasteiger partial charge in [0, 0.05) is 26.1 Å². The van der Waals surface area contributed by atoms with Gasteiger partial charge in [-0.3, -0.25) is 14.5 Å². The summed E-state index contributed by atoms with van der Waals surface area (Å²) in [5, 5.41) is 1.68. The number of nitrogens with zero attached hydrogens (tertiary/aromatic N) is 2. The van der Waals surface area contributed by atoms with E-state index in [0.717, 1.165) is 19.6 Å². The third-order valence-electron chi connectivity index (χ3n) is 5.43. The average molecular weight is 354 g/mol. The monoisotopic (exact) mass is 354 g/mol. The first-order valence-electron chi connectivity index (χ1n) is 9.16. The lowest BCUT2D eigenvalue weighted by Crippen LogP contribution is -2.63. The molecule has 2 heterocycles. The molecule has 0 saturated carbocycles. The van der Waals surface area contributed by atoms with E-state index in [9.17, 15) is 9.18 Å². The molecule has 0 N–H and O–H groups in total. The molecule has 0 aromatic heterocycles. The zero-order valence-electron chi connectivity index (χ0n) is 14.7. The fourth-order valence-electron chi connectivity index (χ4n) is 4.03. The number of anilines is 1. The van der Waals surface area contributed by atoms with Gasteiger partial charge >= 0.3 is 0 Å². The molecule has 2 aliphatic heterocycles. The number of carbonyl (C=O) groups excluding carboxylic acids is 1. The normalized spacial score (nSPS) is 20.5. The van der Waals surface area contributed by atoms with E-state index in [-0.39, 0.29) is 11.6 Å². The molecule has 0 aliphatic carbocycles. The Morgan fingerprint density at radius 2 is 1.81 bits per heavy atom. The van der Waals surface area contributed by atoms with E-state index < -0.39 is 5.54 Å². The number of carbonyl (C=O) groups is 1. The molecule has 136 valence electrons. The van der Waals surface area contributed by atoms with Crippen molar-refractivity contribution in [1.82, 2.24) is 4.90 Å². The molecule has 0 radical (unpaired) electrons. The molecule has 2 saturated heterocycles. The SMILES string of the molecule is O=C1CCON(c2cccc(F)c2)C12CCN(Cc1ccccc1)CC2. The van der Waals surface area contributed by atoms with Gasteiger partial charge in [0.15, 0.2) is 5.78 Å². The molecule has 4 rings (SSSR count). The first kappa shape index (κ1) is 17.2. The summed E-state index contributed by atoms with van der Waals surface area (Å²) in [6.07, 6.45) is 1.80. The van der Waals surface area contributed by atoms with Crippen molar-refractivity contribution in [3.8, 4) is 0 Å². The highest BCUT2D eigenvalue weighted by molar-refractivity contribution is 5.92. The van der Waals surface area contributed by atoms with E-state index in [0.29, 0.717) is 31.6 Å². The van der Waals surface area contributed by atoms with Crippen LogP contribution in [0.4, 0.5) is 10.1 Å². The summed E-state index contributed by atoms with van der Waals surface area (Å²) in [6.45, 7) is 2.86. The fraction of sp³-hybridized carbons (Fsp3) is 0.381. The molecule has 0 amide bonds. The molecule has 0 unspecified atom stereocenters. The maximum Gasteiger partial charge on any atom is 0.163 e. The maximum absolute atomic E-state index is 13.7. The number of rotatable bonds is 3. The zero-order valence-corrected chi connectivity index (χ0v) is 14.7. The van der Waals surface area contributed by atoms with Crippen molar-refractivity contribution in [3.63, 3.8) is 0 Å². The number of ketones is 1. The molecule has 2 aromatic rings. The van der Waals surface area contributed by atoms with Crippen LogP contribution in [0.3, 0.4) is 0 Å². The Morgan fingerprint density at radius 3 is 2.54 bits per heavy atom. The van der Waals surface area contributed by atoms with Crippen LogP contribution >= 0.6 is 0 Å². The number of benzene rings is 2. The Bertz CT molecular complexity index is 773. The molecule has 2 fully saturated rings. The third kappa shape index (κ3) is 3.24. The minimum atomic E-state index is -0.681. The summed E-state index contributed by atoms with van der Waals surface area (Å²) in [5.74, 6) is -0.117. The van der Waals surface area contributed by atoms with Crippen LogP contribution in [0.25, 0.3) is 0 Å². The van der Waals surface area contributed by atoms with Gasteiger partial charge < -0.3 is 0 Å². The van der Waals surface area contributed by atoms with Crippen molar-refractivity contribution in [2.75, 3.05) is 24.8 Å². The Labute approximate surface area is 153 Å². The average Bonchev–Trinajstić information content (AvgIpc) is 2.66. The van der Waals surface area contributed by atoms with Gasteiger partial charge in [0.25, 0.3) is 0 Å². The lowest BCUT2D eigenvalue weighted by Gasteiger charge is -2.49. The second kappa shape index (κ2) is 7.17. The number of piperidine rings is 1. The quantitative estimate of drug-likeness (QED) is 0.844. The van der Waals surface area contributed by atoms with Gasteiger partial charge in [0.05, 0.1) is 12.3 Å². The van der Waals surface area contributed by atoms with Gasteiger partial charge in [-0.05, 0) is 36.6 Å². The van der Waals surface area contributed by atoms with Crippen molar-refractivity contribution in [1.29, 1.82) is 0 Å². The van der Waals surface area contributed by atoms with Crippen LogP contribution in [-0.4, -0.2) is 35.9 Å². The number of hydrogen-bond donors (Lipinski definition) is 0. The van der Waals surface area contributed by atoms with Crippen LogP contribution in [0.1, 0.15) is 24.8 Å². The number of hydrogen-bond acceptors (Lipinski definition) is 4. The molecule has 2 aromatic carbocycles. The Kier molecular flexibility index (Phi) is 4.74. The van der Waals surface area contributed by atoms with Gasteiger partial charge in [0.2, 0.25) is 0 Å². The van der Waals surface area contributed by atoms with E-state index in [4.69, 9.17) is 4.84 Å². The standard InChI is InChI=1S/C21H23FN2O2/c22-18-7-4-8-19(15-18)24-21(20(25)9-14-26-24)10-12-23(13-11-21)16-17-5-2-1-3-6-17/h1-8,15H,9-14,16H2. The van der Waals surface area contributed by atoms with E-state index in [1.165, 1.54) is 17.7 Å². The van der Waals surface area contributed by atoms with Crippen LogP contribution < -0.4 is 5.06 Å². The lowest BCUT2D eigenvalue weighted by atomic mass is 9.80. The first-order valence-corrected chi connectivity index (χ1v) is 9.16. The largest absolute Gasteiger partial charge is 0.299 e. The minimum absolute atomic E-state index is 0.201. The summed E-state index contributed by atoms with van der Waals surface area (Å²) >= 11 is 0. The van der Waals surface area contributed by atoms with E-state index in [2.05, 4.69) is 17.0 Å². The summed E-state index contributed by atoms with van der Waals surface area (Å²) < 4.78 is 13.7. The minimum Gasteiger partial charge on any atom is -0.299 e. The van der Waals surface area contributed by atoms with Gasteiger partial charge in [-0.1, -0.05) is 36.4 Å². The highest BCUT2D eigenvalue weighted by atomic mass is 19.1. The lowest BCUT2D eigenvalue weighted by molar-refractivity contribution is -0.138. The van der Waals surface area contributed by atoms with Crippen molar-refractivity contribution >= 4 is 11.5 Å². The summed E-state index contributed by atoms with van der Waals surface area (Å²) in [4.78, 5) is 21.1. The highest BCUT2D eigenvalue weighted by Crippen LogP contribution is 2.38.